The van der Waals surface area contributed by atoms with E-state index in [2.05, 4.69) is 12.6 Å². The fourth-order valence-corrected chi connectivity index (χ4v) is 2.16. The molecule has 16 heavy (non-hydrogen) atoms. The molecule has 0 fully saturated rings. The molecule has 0 aliphatic heterocycles. The van der Waals surface area contributed by atoms with Crippen LogP contribution < -0.4 is 5.46 Å². The molecule has 0 amide bonds. The van der Waals surface area contributed by atoms with E-state index in [4.69, 9.17) is 5.11 Å². The second kappa shape index (κ2) is 4.49. The van der Waals surface area contributed by atoms with Crippen LogP contribution in [-0.2, 0) is 0 Å². The molecule has 0 aliphatic carbocycles. The zero-order valence-corrected chi connectivity index (χ0v) is 10.2. The van der Waals surface area contributed by atoms with Crippen LogP contribution in [0.25, 0.3) is 0 Å². The fraction of sp³-hybridized carbons (Fsp3) is 0.300. The van der Waals surface area contributed by atoms with Crippen molar-refractivity contribution in [3.8, 4) is 0 Å². The smallest absolute Gasteiger partial charge is 0.478 e. The standard InChI is InChI=1S/C10H13BO4S/c1-4-7(10(12)13)5(2)9(16)6(3)8(4)11(14)15/h14-16H,1-3H3,(H,12,13). The van der Waals surface area contributed by atoms with Crippen LogP contribution in [0.2, 0.25) is 0 Å². The fourth-order valence-electron chi connectivity index (χ4n) is 1.93. The highest BCUT2D eigenvalue weighted by Crippen LogP contribution is 2.23. The molecule has 0 atom stereocenters. The van der Waals surface area contributed by atoms with Crippen molar-refractivity contribution in [2.75, 3.05) is 0 Å². The summed E-state index contributed by atoms with van der Waals surface area (Å²) in [4.78, 5) is 11.6. The molecule has 6 heteroatoms. The zero-order chi connectivity index (χ0) is 12.6. The van der Waals surface area contributed by atoms with Gasteiger partial charge in [-0.3, -0.25) is 0 Å². The van der Waals surface area contributed by atoms with E-state index in [9.17, 15) is 14.8 Å². The largest absolute Gasteiger partial charge is 0.489 e. The lowest BCUT2D eigenvalue weighted by Crippen LogP contribution is -2.36. The molecule has 0 radical (unpaired) electrons. The molecule has 3 N–H and O–H groups in total. The van der Waals surface area contributed by atoms with Crippen molar-refractivity contribution in [3.05, 3.63) is 22.3 Å². The van der Waals surface area contributed by atoms with Gasteiger partial charge < -0.3 is 15.2 Å². The lowest BCUT2D eigenvalue weighted by atomic mass is 9.72. The molecule has 4 nitrogen and oxygen atoms in total. The maximum atomic E-state index is 11.1. The molecule has 0 aromatic heterocycles. The second-order valence-corrected chi connectivity index (χ2v) is 4.14. The molecular weight excluding hydrogens is 227 g/mol. The van der Waals surface area contributed by atoms with Gasteiger partial charge in [-0.2, -0.15) is 0 Å². The van der Waals surface area contributed by atoms with E-state index in [1.165, 1.54) is 0 Å². The highest BCUT2D eigenvalue weighted by atomic mass is 32.1. The molecule has 0 heterocycles. The van der Waals surface area contributed by atoms with Gasteiger partial charge in [0, 0.05) is 4.90 Å². The Labute approximate surface area is 99.5 Å². The normalized spacial score (nSPS) is 10.4. The molecule has 1 aromatic carbocycles. The van der Waals surface area contributed by atoms with Gasteiger partial charge in [0.1, 0.15) is 0 Å². The number of carbonyl (C=O) groups is 1. The van der Waals surface area contributed by atoms with Crippen molar-refractivity contribution in [1.29, 1.82) is 0 Å². The van der Waals surface area contributed by atoms with E-state index in [-0.39, 0.29) is 11.0 Å². The number of rotatable bonds is 2. The SMILES string of the molecule is Cc1c(S)c(C)c(C(=O)O)c(C)c1B(O)O. The van der Waals surface area contributed by atoms with Crippen LogP contribution in [0.5, 0.6) is 0 Å². The minimum absolute atomic E-state index is 0.0821. The average Bonchev–Trinajstić information content (AvgIpc) is 2.13. The van der Waals surface area contributed by atoms with Crippen LogP contribution in [0.4, 0.5) is 0 Å². The third-order valence-electron chi connectivity index (χ3n) is 2.74. The van der Waals surface area contributed by atoms with Gasteiger partial charge >= 0.3 is 13.1 Å². The van der Waals surface area contributed by atoms with Crippen molar-refractivity contribution in [2.24, 2.45) is 0 Å². The first-order valence-corrected chi connectivity index (χ1v) is 5.15. The van der Waals surface area contributed by atoms with Gasteiger partial charge in [0.25, 0.3) is 0 Å². The van der Waals surface area contributed by atoms with Crippen LogP contribution >= 0.6 is 12.6 Å². The summed E-state index contributed by atoms with van der Waals surface area (Å²) >= 11 is 4.20. The lowest BCUT2D eigenvalue weighted by Gasteiger charge is -2.17. The number of benzene rings is 1. The highest BCUT2D eigenvalue weighted by molar-refractivity contribution is 7.80. The summed E-state index contributed by atoms with van der Waals surface area (Å²) in [5.74, 6) is -1.09. The number of carboxylic acids is 1. The Hall–Kier alpha value is -0.975. The maximum absolute atomic E-state index is 11.1. The Morgan fingerprint density at radius 3 is 2.00 bits per heavy atom. The second-order valence-electron chi connectivity index (χ2n) is 3.69. The van der Waals surface area contributed by atoms with E-state index in [0.29, 0.717) is 21.6 Å². The van der Waals surface area contributed by atoms with E-state index < -0.39 is 13.1 Å². The van der Waals surface area contributed by atoms with E-state index in [1.807, 2.05) is 0 Å². The number of hydrogen-bond donors (Lipinski definition) is 4. The minimum Gasteiger partial charge on any atom is -0.478 e. The van der Waals surface area contributed by atoms with Crippen LogP contribution in [-0.4, -0.2) is 28.2 Å². The van der Waals surface area contributed by atoms with Crippen LogP contribution in [0.3, 0.4) is 0 Å². The molecule has 1 rings (SSSR count). The lowest BCUT2D eigenvalue weighted by molar-refractivity contribution is 0.0695. The zero-order valence-electron chi connectivity index (χ0n) is 9.27. The number of carboxylic acid groups (broad SMARTS) is 1. The summed E-state index contributed by atoms with van der Waals surface area (Å²) in [6.45, 7) is 4.90. The van der Waals surface area contributed by atoms with Gasteiger partial charge in [-0.1, -0.05) is 0 Å². The van der Waals surface area contributed by atoms with Gasteiger partial charge in [-0.05, 0) is 42.9 Å². The van der Waals surface area contributed by atoms with E-state index >= 15 is 0 Å². The van der Waals surface area contributed by atoms with E-state index in [1.54, 1.807) is 20.8 Å². The Bertz CT molecular complexity index is 457. The summed E-state index contributed by atoms with van der Waals surface area (Å²) in [6.07, 6.45) is 0. The van der Waals surface area contributed by atoms with Gasteiger partial charge in [-0.15, -0.1) is 12.6 Å². The number of aromatic carboxylic acids is 1. The Kier molecular flexibility index (Phi) is 3.67. The highest BCUT2D eigenvalue weighted by Gasteiger charge is 2.25. The van der Waals surface area contributed by atoms with Crippen molar-refractivity contribution in [1.82, 2.24) is 0 Å². The molecular formula is C10H13BO4S. The quantitative estimate of drug-likeness (QED) is 0.442. The van der Waals surface area contributed by atoms with E-state index in [0.717, 1.165) is 0 Å². The molecule has 0 spiro atoms. The van der Waals surface area contributed by atoms with Crippen molar-refractivity contribution < 1.29 is 19.9 Å². The third-order valence-corrected chi connectivity index (χ3v) is 3.41. The van der Waals surface area contributed by atoms with Crippen molar-refractivity contribution >= 4 is 31.2 Å². The summed E-state index contributed by atoms with van der Waals surface area (Å²) in [7, 11) is -1.69. The molecule has 0 unspecified atom stereocenters. The Balaban J connectivity index is 3.73. The van der Waals surface area contributed by atoms with Crippen LogP contribution in [0.15, 0.2) is 4.90 Å². The summed E-state index contributed by atoms with van der Waals surface area (Å²) in [6, 6.07) is 0. The first-order chi connectivity index (χ1) is 7.29. The number of hydrogen-bond acceptors (Lipinski definition) is 4. The predicted octanol–water partition coefficient (Wildman–Crippen LogP) is 0.279. The summed E-state index contributed by atoms with van der Waals surface area (Å²) in [5, 5.41) is 27.5. The predicted molar refractivity (Wildman–Crippen MR) is 64.7 cm³/mol. The summed E-state index contributed by atoms with van der Waals surface area (Å²) < 4.78 is 0. The maximum Gasteiger partial charge on any atom is 0.489 e. The molecule has 0 aliphatic rings. The molecule has 1 aromatic rings. The third kappa shape index (κ3) is 1.96. The minimum atomic E-state index is -1.69. The molecule has 0 saturated carbocycles. The first kappa shape index (κ1) is 13.1. The van der Waals surface area contributed by atoms with Gasteiger partial charge in [-0.25, -0.2) is 4.79 Å². The number of thiol groups is 1. The van der Waals surface area contributed by atoms with Crippen molar-refractivity contribution in [2.45, 2.75) is 25.7 Å². The van der Waals surface area contributed by atoms with Crippen LogP contribution in [0, 0.1) is 20.8 Å². The summed E-state index contributed by atoms with van der Waals surface area (Å²) in [5.41, 5.74) is 1.80. The topological polar surface area (TPSA) is 77.8 Å². The average molecular weight is 240 g/mol. The molecule has 0 saturated heterocycles. The van der Waals surface area contributed by atoms with Gasteiger partial charge in [0.2, 0.25) is 0 Å². The Morgan fingerprint density at radius 1 is 1.12 bits per heavy atom. The Morgan fingerprint density at radius 2 is 1.62 bits per heavy atom. The van der Waals surface area contributed by atoms with Crippen molar-refractivity contribution in [3.63, 3.8) is 0 Å². The van der Waals surface area contributed by atoms with Gasteiger partial charge in [0.15, 0.2) is 0 Å². The monoisotopic (exact) mass is 240 g/mol. The molecule has 0 bridgehead atoms. The van der Waals surface area contributed by atoms with Crippen LogP contribution in [0.1, 0.15) is 27.0 Å². The molecule has 86 valence electrons. The van der Waals surface area contributed by atoms with Gasteiger partial charge in [0.05, 0.1) is 5.56 Å². The first-order valence-electron chi connectivity index (χ1n) is 4.71.